The summed E-state index contributed by atoms with van der Waals surface area (Å²) in [5.41, 5.74) is 4.09. The molecule has 2 aromatic rings. The first-order chi connectivity index (χ1) is 8.97. The fourth-order valence-corrected chi connectivity index (χ4v) is 2.17. The van der Waals surface area contributed by atoms with Gasteiger partial charge in [-0.1, -0.05) is 33.8 Å². The molecule has 2 rings (SSSR count). The molecule has 0 saturated carbocycles. The van der Waals surface area contributed by atoms with E-state index < -0.39 is 0 Å². The molecule has 1 unspecified atom stereocenters. The number of nitrogens with zero attached hydrogens (tertiary/aromatic N) is 2. The van der Waals surface area contributed by atoms with Crippen molar-refractivity contribution in [2.75, 3.05) is 0 Å². The Morgan fingerprint density at radius 1 is 1.05 bits per heavy atom. The zero-order valence-electron chi connectivity index (χ0n) is 12.2. The average Bonchev–Trinajstić information content (AvgIpc) is 2.39. The van der Waals surface area contributed by atoms with Crippen LogP contribution in [0.4, 0.5) is 0 Å². The second kappa shape index (κ2) is 5.52. The highest BCUT2D eigenvalue weighted by Gasteiger charge is 2.15. The smallest absolute Gasteiger partial charge is 0.0305 e. The molecule has 0 N–H and O–H groups in total. The predicted molar refractivity (Wildman–Crippen MR) is 79.3 cm³/mol. The molecular formula is C17H22N2. The van der Waals surface area contributed by atoms with Gasteiger partial charge >= 0.3 is 0 Å². The molecule has 0 aliphatic rings. The Labute approximate surface area is 115 Å². The summed E-state index contributed by atoms with van der Waals surface area (Å²) in [5, 5.41) is 0. The van der Waals surface area contributed by atoms with E-state index in [4.69, 9.17) is 0 Å². The van der Waals surface area contributed by atoms with Crippen LogP contribution in [0.5, 0.6) is 0 Å². The average molecular weight is 254 g/mol. The van der Waals surface area contributed by atoms with Crippen LogP contribution in [0.15, 0.2) is 43.0 Å². The van der Waals surface area contributed by atoms with Crippen molar-refractivity contribution in [3.63, 3.8) is 0 Å². The summed E-state index contributed by atoms with van der Waals surface area (Å²) in [7, 11) is 0. The summed E-state index contributed by atoms with van der Waals surface area (Å²) in [4.78, 5) is 8.45. The Bertz CT molecular complexity index is 526. The summed E-state index contributed by atoms with van der Waals surface area (Å²) < 4.78 is 0. The fourth-order valence-electron chi connectivity index (χ4n) is 2.17. The summed E-state index contributed by atoms with van der Waals surface area (Å²) in [6.45, 7) is 8.92. The molecule has 0 amide bonds. The summed E-state index contributed by atoms with van der Waals surface area (Å²) in [6, 6.07) is 6.46. The lowest BCUT2D eigenvalue weighted by molar-refractivity contribution is 0.585. The number of aromatic nitrogens is 2. The molecule has 1 atom stereocenters. The van der Waals surface area contributed by atoms with Gasteiger partial charge in [0.05, 0.1) is 0 Å². The molecule has 0 spiro atoms. The second-order valence-electron chi connectivity index (χ2n) is 6.22. The van der Waals surface area contributed by atoms with Crippen molar-refractivity contribution < 1.29 is 0 Å². The number of hydrogen-bond donors (Lipinski definition) is 0. The van der Waals surface area contributed by atoms with Gasteiger partial charge < -0.3 is 0 Å². The van der Waals surface area contributed by atoms with E-state index >= 15 is 0 Å². The van der Waals surface area contributed by atoms with E-state index in [1.54, 1.807) is 0 Å². The first kappa shape index (κ1) is 13.7. The van der Waals surface area contributed by atoms with Crippen molar-refractivity contribution in [2.45, 2.75) is 45.4 Å². The monoisotopic (exact) mass is 254 g/mol. The number of pyridine rings is 2. The molecule has 0 aromatic carbocycles. The molecule has 0 aliphatic carbocycles. The van der Waals surface area contributed by atoms with Gasteiger partial charge in [-0.25, -0.2) is 0 Å². The number of rotatable bonds is 3. The lowest BCUT2D eigenvalue weighted by atomic mass is 9.86. The van der Waals surface area contributed by atoms with Crippen LogP contribution in [-0.4, -0.2) is 9.97 Å². The molecule has 0 aliphatic heterocycles. The minimum atomic E-state index is 0.156. The third-order valence-corrected chi connectivity index (χ3v) is 3.48. The topological polar surface area (TPSA) is 25.8 Å². The van der Waals surface area contributed by atoms with Gasteiger partial charge in [-0.15, -0.1) is 0 Å². The molecule has 2 heteroatoms. The van der Waals surface area contributed by atoms with Crippen molar-refractivity contribution in [1.82, 2.24) is 9.97 Å². The maximum atomic E-state index is 4.39. The zero-order chi connectivity index (χ0) is 13.9. The molecule has 2 heterocycles. The largest absolute Gasteiger partial charge is 0.265 e. The van der Waals surface area contributed by atoms with Gasteiger partial charge in [0, 0.05) is 24.8 Å². The quantitative estimate of drug-likeness (QED) is 0.823. The normalized spacial score (nSPS) is 13.3. The zero-order valence-corrected chi connectivity index (χ0v) is 12.2. The first-order valence-electron chi connectivity index (χ1n) is 6.81. The summed E-state index contributed by atoms with van der Waals surface area (Å²) in [6.07, 6.45) is 8.68. The highest BCUT2D eigenvalue weighted by atomic mass is 14.6. The highest BCUT2D eigenvalue weighted by Crippen LogP contribution is 2.24. The van der Waals surface area contributed by atoms with E-state index in [-0.39, 0.29) is 5.41 Å². The van der Waals surface area contributed by atoms with Gasteiger partial charge in [0.1, 0.15) is 0 Å². The van der Waals surface area contributed by atoms with Crippen LogP contribution in [0.2, 0.25) is 0 Å². The third-order valence-electron chi connectivity index (χ3n) is 3.48. The van der Waals surface area contributed by atoms with Crippen molar-refractivity contribution in [1.29, 1.82) is 0 Å². The fraction of sp³-hybridized carbons (Fsp3) is 0.412. The molecule has 100 valence electrons. The highest BCUT2D eigenvalue weighted by molar-refractivity contribution is 5.26. The third kappa shape index (κ3) is 3.63. The minimum Gasteiger partial charge on any atom is -0.265 e. The maximum absolute atomic E-state index is 4.39. The number of hydrogen-bond acceptors (Lipinski definition) is 2. The maximum Gasteiger partial charge on any atom is 0.0305 e. The minimum absolute atomic E-state index is 0.156. The van der Waals surface area contributed by atoms with E-state index in [0.29, 0.717) is 5.92 Å². The Morgan fingerprint density at radius 3 is 2.37 bits per heavy atom. The molecule has 0 fully saturated rings. The van der Waals surface area contributed by atoms with Crippen LogP contribution in [0.3, 0.4) is 0 Å². The molecule has 0 bridgehead atoms. The summed E-state index contributed by atoms with van der Waals surface area (Å²) >= 11 is 0. The van der Waals surface area contributed by atoms with Gasteiger partial charge in [-0.05, 0) is 46.6 Å². The van der Waals surface area contributed by atoms with Gasteiger partial charge in [0.2, 0.25) is 0 Å². The van der Waals surface area contributed by atoms with Crippen LogP contribution >= 0.6 is 0 Å². The van der Waals surface area contributed by atoms with Crippen molar-refractivity contribution in [2.24, 2.45) is 0 Å². The van der Waals surface area contributed by atoms with Crippen LogP contribution in [0, 0.1) is 0 Å². The Hall–Kier alpha value is -1.70. The first-order valence-corrected chi connectivity index (χ1v) is 6.81. The van der Waals surface area contributed by atoms with Gasteiger partial charge in [-0.3, -0.25) is 9.97 Å². The molecule has 0 radical (unpaired) electrons. The molecule has 2 nitrogen and oxygen atoms in total. The molecular weight excluding hydrogens is 232 g/mol. The SMILES string of the molecule is CC(Cc1cncc(C(C)(C)C)c1)c1ccncc1. The van der Waals surface area contributed by atoms with Gasteiger partial charge in [-0.2, -0.15) is 0 Å². The van der Waals surface area contributed by atoms with Gasteiger partial charge in [0.15, 0.2) is 0 Å². The second-order valence-corrected chi connectivity index (χ2v) is 6.22. The van der Waals surface area contributed by atoms with E-state index in [1.807, 2.05) is 24.8 Å². The Morgan fingerprint density at radius 2 is 1.74 bits per heavy atom. The van der Waals surface area contributed by atoms with E-state index in [1.165, 1.54) is 16.7 Å². The molecule has 2 aromatic heterocycles. The van der Waals surface area contributed by atoms with Crippen molar-refractivity contribution in [3.8, 4) is 0 Å². The van der Waals surface area contributed by atoms with Crippen LogP contribution in [-0.2, 0) is 11.8 Å². The summed E-state index contributed by atoms with van der Waals surface area (Å²) in [5.74, 6) is 0.486. The van der Waals surface area contributed by atoms with Crippen molar-refractivity contribution in [3.05, 3.63) is 59.7 Å². The standard InChI is InChI=1S/C17H22N2/c1-13(15-5-7-18-8-6-15)9-14-10-16(12-19-11-14)17(2,3)4/h5-8,10-13H,9H2,1-4H3. The molecule has 0 saturated heterocycles. The van der Waals surface area contributed by atoms with Gasteiger partial charge in [0.25, 0.3) is 0 Å². The van der Waals surface area contributed by atoms with E-state index in [9.17, 15) is 0 Å². The van der Waals surface area contributed by atoms with Crippen LogP contribution in [0.25, 0.3) is 0 Å². The molecule has 19 heavy (non-hydrogen) atoms. The van der Waals surface area contributed by atoms with E-state index in [0.717, 1.165) is 6.42 Å². The van der Waals surface area contributed by atoms with Crippen LogP contribution < -0.4 is 0 Å². The van der Waals surface area contributed by atoms with E-state index in [2.05, 4.69) is 55.9 Å². The predicted octanol–water partition coefficient (Wildman–Crippen LogP) is 4.12. The lowest BCUT2D eigenvalue weighted by Gasteiger charge is -2.20. The Balaban J connectivity index is 2.16. The van der Waals surface area contributed by atoms with Crippen molar-refractivity contribution >= 4 is 0 Å². The lowest BCUT2D eigenvalue weighted by Crippen LogP contribution is -2.12. The Kier molecular flexibility index (Phi) is 3.98. The van der Waals surface area contributed by atoms with Crippen LogP contribution in [0.1, 0.15) is 50.3 Å².